The zero-order valence-electron chi connectivity index (χ0n) is 17.5. The molecule has 1 atom stereocenters. The van der Waals surface area contributed by atoms with Crippen LogP contribution < -0.4 is 0 Å². The van der Waals surface area contributed by atoms with E-state index in [1.54, 1.807) is 6.07 Å². The third-order valence-corrected chi connectivity index (χ3v) is 6.04. The van der Waals surface area contributed by atoms with E-state index in [0.29, 0.717) is 23.5 Å². The van der Waals surface area contributed by atoms with Crippen LogP contribution in [0.5, 0.6) is 5.75 Å². The van der Waals surface area contributed by atoms with Gasteiger partial charge in [-0.15, -0.1) is 0 Å². The molecule has 1 aromatic heterocycles. The van der Waals surface area contributed by atoms with Crippen molar-refractivity contribution in [1.82, 2.24) is 15.1 Å². The zero-order chi connectivity index (χ0) is 21.5. The SMILES string of the molecule is Cc1cc(O)c(-c2n[nH]c3c2[C@@H](c2ccccc2)N(Cc2ccccc2)C3=O)cc1C. The molecular formula is C26H23N3O2. The van der Waals surface area contributed by atoms with Crippen molar-refractivity contribution in [2.75, 3.05) is 0 Å². The number of rotatable bonds is 4. The number of nitrogens with one attached hydrogen (secondary N) is 1. The van der Waals surface area contributed by atoms with Crippen LogP contribution in [0, 0.1) is 13.8 Å². The number of nitrogens with zero attached hydrogens (tertiary/aromatic N) is 2. The Kier molecular flexibility index (Phi) is 4.59. The lowest BCUT2D eigenvalue weighted by Crippen LogP contribution is -2.29. The van der Waals surface area contributed by atoms with Crippen molar-refractivity contribution in [3.63, 3.8) is 0 Å². The molecule has 2 heterocycles. The van der Waals surface area contributed by atoms with Crippen molar-refractivity contribution in [3.05, 3.63) is 106 Å². The summed E-state index contributed by atoms with van der Waals surface area (Å²) in [6.07, 6.45) is 0. The number of hydrogen-bond acceptors (Lipinski definition) is 3. The first kappa shape index (κ1) is 19.1. The summed E-state index contributed by atoms with van der Waals surface area (Å²) in [5.41, 5.74) is 6.69. The van der Waals surface area contributed by atoms with Crippen LogP contribution in [0.3, 0.4) is 0 Å². The van der Waals surface area contributed by atoms with Gasteiger partial charge in [-0.2, -0.15) is 5.10 Å². The Morgan fingerprint density at radius 3 is 2.32 bits per heavy atom. The van der Waals surface area contributed by atoms with Crippen molar-refractivity contribution in [2.45, 2.75) is 26.4 Å². The Labute approximate surface area is 181 Å². The van der Waals surface area contributed by atoms with Gasteiger partial charge < -0.3 is 10.0 Å². The molecule has 0 radical (unpaired) electrons. The Balaban J connectivity index is 1.68. The molecule has 1 aliphatic rings. The lowest BCUT2D eigenvalue weighted by atomic mass is 9.94. The van der Waals surface area contributed by atoms with Crippen LogP contribution in [0.4, 0.5) is 0 Å². The maximum absolute atomic E-state index is 13.4. The van der Waals surface area contributed by atoms with Crippen molar-refractivity contribution in [2.24, 2.45) is 0 Å². The average Bonchev–Trinajstić information content (AvgIpc) is 3.31. The minimum atomic E-state index is -0.293. The molecule has 1 amide bonds. The minimum absolute atomic E-state index is 0.0882. The second kappa shape index (κ2) is 7.43. The second-order valence-corrected chi connectivity index (χ2v) is 8.05. The van der Waals surface area contributed by atoms with Gasteiger partial charge in [0.1, 0.15) is 17.1 Å². The fraction of sp³-hybridized carbons (Fsp3) is 0.154. The molecule has 0 saturated heterocycles. The monoisotopic (exact) mass is 409 g/mol. The van der Waals surface area contributed by atoms with Gasteiger partial charge in [0, 0.05) is 17.7 Å². The summed E-state index contributed by atoms with van der Waals surface area (Å²) in [5, 5.41) is 18.1. The second-order valence-electron chi connectivity index (χ2n) is 8.05. The Morgan fingerprint density at radius 2 is 1.61 bits per heavy atom. The molecule has 31 heavy (non-hydrogen) atoms. The molecule has 0 spiro atoms. The third kappa shape index (κ3) is 3.19. The van der Waals surface area contributed by atoms with Gasteiger partial charge >= 0.3 is 0 Å². The maximum Gasteiger partial charge on any atom is 0.273 e. The molecule has 2 N–H and O–H groups in total. The van der Waals surface area contributed by atoms with Crippen LogP contribution >= 0.6 is 0 Å². The topological polar surface area (TPSA) is 69.2 Å². The predicted octanol–water partition coefficient (Wildman–Crippen LogP) is 5.14. The summed E-state index contributed by atoms with van der Waals surface area (Å²) in [6, 6.07) is 23.4. The molecule has 154 valence electrons. The molecule has 0 unspecified atom stereocenters. The normalized spacial score (nSPS) is 15.4. The molecular weight excluding hydrogens is 386 g/mol. The van der Waals surface area contributed by atoms with E-state index in [-0.39, 0.29) is 17.7 Å². The van der Waals surface area contributed by atoms with E-state index >= 15 is 0 Å². The highest BCUT2D eigenvalue weighted by Crippen LogP contribution is 2.45. The standard InChI is InChI=1S/C26H23N3O2/c1-16-13-20(21(30)14-17(16)2)23-22-24(28-27-23)26(31)29(15-18-9-5-3-6-10-18)25(22)19-11-7-4-8-12-19/h3-14,25,30H,15H2,1-2H3,(H,27,28)/t25-/m1/s1. The van der Waals surface area contributed by atoms with Crippen LogP contribution in [0.2, 0.25) is 0 Å². The molecule has 0 fully saturated rings. The van der Waals surface area contributed by atoms with Gasteiger partial charge in [0.15, 0.2) is 0 Å². The van der Waals surface area contributed by atoms with Gasteiger partial charge in [0.25, 0.3) is 5.91 Å². The Morgan fingerprint density at radius 1 is 0.968 bits per heavy atom. The minimum Gasteiger partial charge on any atom is -0.507 e. The van der Waals surface area contributed by atoms with Crippen molar-refractivity contribution >= 4 is 5.91 Å². The number of H-pyrrole nitrogens is 1. The number of aromatic nitrogens is 2. The number of aryl methyl sites for hydroxylation is 2. The van der Waals surface area contributed by atoms with E-state index in [9.17, 15) is 9.90 Å². The van der Waals surface area contributed by atoms with E-state index < -0.39 is 0 Å². The Hall–Kier alpha value is -3.86. The molecule has 3 aromatic carbocycles. The van der Waals surface area contributed by atoms with Gasteiger partial charge in [-0.05, 0) is 48.2 Å². The lowest BCUT2D eigenvalue weighted by molar-refractivity contribution is 0.0730. The number of aromatic amines is 1. The third-order valence-electron chi connectivity index (χ3n) is 6.04. The quantitative estimate of drug-likeness (QED) is 0.490. The zero-order valence-corrected chi connectivity index (χ0v) is 17.5. The van der Waals surface area contributed by atoms with Crippen molar-refractivity contribution in [3.8, 4) is 17.0 Å². The van der Waals surface area contributed by atoms with Crippen molar-refractivity contribution < 1.29 is 9.90 Å². The number of phenolic OH excluding ortho intramolecular Hbond substituents is 1. The van der Waals surface area contributed by atoms with Crippen molar-refractivity contribution in [1.29, 1.82) is 0 Å². The van der Waals surface area contributed by atoms with Gasteiger partial charge in [-0.25, -0.2) is 0 Å². The number of carbonyl (C=O) groups excluding carboxylic acids is 1. The Bertz CT molecular complexity index is 1260. The summed E-state index contributed by atoms with van der Waals surface area (Å²) in [7, 11) is 0. The van der Waals surface area contributed by atoms with Crippen LogP contribution in [-0.4, -0.2) is 26.1 Å². The summed E-state index contributed by atoms with van der Waals surface area (Å²) < 4.78 is 0. The summed E-state index contributed by atoms with van der Waals surface area (Å²) in [4.78, 5) is 15.3. The summed E-state index contributed by atoms with van der Waals surface area (Å²) in [5.74, 6) is 0.0768. The van der Waals surface area contributed by atoms with Crippen LogP contribution in [0.1, 0.15) is 44.3 Å². The average molecular weight is 409 g/mol. The lowest BCUT2D eigenvalue weighted by Gasteiger charge is -2.26. The summed E-state index contributed by atoms with van der Waals surface area (Å²) >= 11 is 0. The van der Waals surface area contributed by atoms with Crippen LogP contribution in [0.25, 0.3) is 11.3 Å². The van der Waals surface area contributed by atoms with E-state index in [2.05, 4.69) is 10.2 Å². The fourth-order valence-corrected chi connectivity index (χ4v) is 4.32. The van der Waals surface area contributed by atoms with Gasteiger partial charge in [-0.3, -0.25) is 9.89 Å². The van der Waals surface area contributed by atoms with Gasteiger partial charge in [-0.1, -0.05) is 60.7 Å². The predicted molar refractivity (Wildman–Crippen MR) is 120 cm³/mol. The van der Waals surface area contributed by atoms with E-state index in [1.165, 1.54) is 0 Å². The number of fused-ring (bicyclic) bond motifs is 1. The molecule has 1 aliphatic heterocycles. The van der Waals surface area contributed by atoms with E-state index in [1.807, 2.05) is 85.5 Å². The number of hydrogen-bond donors (Lipinski definition) is 2. The van der Waals surface area contributed by atoms with Crippen LogP contribution in [-0.2, 0) is 6.54 Å². The first-order valence-corrected chi connectivity index (χ1v) is 10.3. The highest BCUT2D eigenvalue weighted by atomic mass is 16.3. The number of amides is 1. The molecule has 5 heteroatoms. The molecule has 4 aromatic rings. The van der Waals surface area contributed by atoms with Gasteiger partial charge in [0.2, 0.25) is 0 Å². The smallest absolute Gasteiger partial charge is 0.273 e. The number of aromatic hydroxyl groups is 1. The molecule has 0 bridgehead atoms. The maximum atomic E-state index is 13.4. The first-order valence-electron chi connectivity index (χ1n) is 10.3. The molecule has 0 aliphatic carbocycles. The largest absolute Gasteiger partial charge is 0.507 e. The first-order chi connectivity index (χ1) is 15.0. The highest BCUT2D eigenvalue weighted by molar-refractivity contribution is 6.00. The van der Waals surface area contributed by atoms with Crippen LogP contribution in [0.15, 0.2) is 72.8 Å². The number of benzene rings is 3. The molecule has 5 nitrogen and oxygen atoms in total. The molecule has 0 saturated carbocycles. The van der Waals surface area contributed by atoms with E-state index in [4.69, 9.17) is 0 Å². The molecule has 5 rings (SSSR count). The van der Waals surface area contributed by atoms with E-state index in [0.717, 1.165) is 27.8 Å². The summed E-state index contributed by atoms with van der Waals surface area (Å²) in [6.45, 7) is 4.46. The highest BCUT2D eigenvalue weighted by Gasteiger charge is 2.42. The van der Waals surface area contributed by atoms with Gasteiger partial charge in [0.05, 0.1) is 6.04 Å². The fourth-order valence-electron chi connectivity index (χ4n) is 4.32. The number of carbonyl (C=O) groups is 1. The number of phenols is 1.